The average Bonchev–Trinajstić information content (AvgIpc) is 2.39. The van der Waals surface area contributed by atoms with Crippen LogP contribution in [0, 0.1) is 0 Å². The Morgan fingerprint density at radius 2 is 2.33 bits per heavy atom. The van der Waals surface area contributed by atoms with Gasteiger partial charge in [-0.15, -0.1) is 12.4 Å². The molecular weight excluding hydrogens is 180 g/mol. The van der Waals surface area contributed by atoms with Crippen LogP contribution < -0.4 is 0 Å². The zero-order valence-corrected chi connectivity index (χ0v) is 7.12. The lowest BCUT2D eigenvalue weighted by Crippen LogP contribution is -2.08. The zero-order chi connectivity index (χ0) is 8.27. The Balaban J connectivity index is 0.00000121. The van der Waals surface area contributed by atoms with E-state index in [1.807, 2.05) is 0 Å². The van der Waals surface area contributed by atoms with E-state index in [4.69, 9.17) is 5.11 Å². The molecule has 1 heterocycles. The Morgan fingerprint density at radius 3 is 2.75 bits per heavy atom. The van der Waals surface area contributed by atoms with Crippen LogP contribution in [0.15, 0.2) is 30.6 Å². The standard InChI is InChI=1S/C7H8N2O2.ClH/c1-6(7(10)11)5-9-4-2-3-8-9;/h2-4H,1,5H2,(H,10,11);1H. The first-order valence-electron chi connectivity index (χ1n) is 3.08. The van der Waals surface area contributed by atoms with Crippen molar-refractivity contribution in [1.82, 2.24) is 9.78 Å². The van der Waals surface area contributed by atoms with Crippen LogP contribution in [-0.2, 0) is 11.3 Å². The molecule has 0 aromatic carbocycles. The summed E-state index contributed by atoms with van der Waals surface area (Å²) in [4.78, 5) is 10.3. The molecule has 0 unspecified atom stereocenters. The maximum Gasteiger partial charge on any atom is 0.332 e. The van der Waals surface area contributed by atoms with Gasteiger partial charge in [0.15, 0.2) is 0 Å². The minimum Gasteiger partial charge on any atom is -0.478 e. The number of nitrogens with zero attached hydrogens (tertiary/aromatic N) is 2. The number of hydrogen-bond donors (Lipinski definition) is 1. The van der Waals surface area contributed by atoms with E-state index in [0.717, 1.165) is 0 Å². The number of carboxylic acid groups (broad SMARTS) is 1. The molecule has 0 aliphatic heterocycles. The summed E-state index contributed by atoms with van der Waals surface area (Å²) in [6.45, 7) is 3.61. The Kier molecular flexibility index (Phi) is 4.07. The minimum atomic E-state index is -0.986. The van der Waals surface area contributed by atoms with E-state index in [0.29, 0.717) is 0 Å². The molecule has 66 valence electrons. The van der Waals surface area contributed by atoms with Gasteiger partial charge in [0.25, 0.3) is 0 Å². The van der Waals surface area contributed by atoms with Crippen molar-refractivity contribution in [1.29, 1.82) is 0 Å². The van der Waals surface area contributed by atoms with E-state index in [2.05, 4.69) is 11.7 Å². The second kappa shape index (κ2) is 4.56. The summed E-state index contributed by atoms with van der Waals surface area (Å²) in [5, 5.41) is 12.3. The fourth-order valence-electron chi connectivity index (χ4n) is 0.657. The third-order valence-electron chi connectivity index (χ3n) is 1.21. The third kappa shape index (κ3) is 2.75. The molecular formula is C7H9ClN2O2. The molecule has 0 aliphatic rings. The molecule has 0 saturated carbocycles. The number of halogens is 1. The van der Waals surface area contributed by atoms with Crippen molar-refractivity contribution in [2.24, 2.45) is 0 Å². The van der Waals surface area contributed by atoms with Crippen molar-refractivity contribution < 1.29 is 9.90 Å². The summed E-state index contributed by atoms with van der Waals surface area (Å²) in [6, 6.07) is 1.73. The molecule has 1 aromatic heterocycles. The first-order chi connectivity index (χ1) is 5.20. The highest BCUT2D eigenvalue weighted by molar-refractivity contribution is 5.85. The second-order valence-corrected chi connectivity index (χ2v) is 2.11. The van der Waals surface area contributed by atoms with Gasteiger partial charge in [-0.1, -0.05) is 6.58 Å². The number of hydrogen-bond acceptors (Lipinski definition) is 2. The molecule has 0 aliphatic carbocycles. The van der Waals surface area contributed by atoms with E-state index in [9.17, 15) is 4.79 Å². The first-order valence-corrected chi connectivity index (χ1v) is 3.08. The van der Waals surface area contributed by atoms with Crippen LogP contribution >= 0.6 is 12.4 Å². The highest BCUT2D eigenvalue weighted by Crippen LogP contribution is 1.94. The lowest BCUT2D eigenvalue weighted by atomic mass is 10.3. The maximum atomic E-state index is 10.3. The third-order valence-corrected chi connectivity index (χ3v) is 1.21. The highest BCUT2D eigenvalue weighted by atomic mass is 35.5. The molecule has 1 N–H and O–H groups in total. The van der Waals surface area contributed by atoms with Gasteiger partial charge in [-0.25, -0.2) is 4.79 Å². The van der Waals surface area contributed by atoms with Crippen LogP contribution in [0.4, 0.5) is 0 Å². The van der Waals surface area contributed by atoms with E-state index < -0.39 is 5.97 Å². The molecule has 0 atom stereocenters. The van der Waals surface area contributed by atoms with Gasteiger partial charge in [-0.3, -0.25) is 4.68 Å². The molecule has 0 spiro atoms. The van der Waals surface area contributed by atoms with E-state index >= 15 is 0 Å². The summed E-state index contributed by atoms with van der Waals surface area (Å²) in [5.41, 5.74) is 0.133. The smallest absolute Gasteiger partial charge is 0.332 e. The summed E-state index contributed by atoms with van der Waals surface area (Å²) in [5.74, 6) is -0.986. The molecule has 5 heteroatoms. The molecule has 4 nitrogen and oxygen atoms in total. The Labute approximate surface area is 75.9 Å². The van der Waals surface area contributed by atoms with Gasteiger partial charge in [-0.2, -0.15) is 5.10 Å². The summed E-state index contributed by atoms with van der Waals surface area (Å²) < 4.78 is 1.51. The normalized spacial score (nSPS) is 8.67. The van der Waals surface area contributed by atoms with E-state index in [-0.39, 0.29) is 24.5 Å². The topological polar surface area (TPSA) is 55.1 Å². The highest BCUT2D eigenvalue weighted by Gasteiger charge is 2.03. The fraction of sp³-hybridized carbons (Fsp3) is 0.143. The number of aromatic nitrogens is 2. The van der Waals surface area contributed by atoms with Crippen molar-refractivity contribution in [3.8, 4) is 0 Å². The summed E-state index contributed by atoms with van der Waals surface area (Å²) >= 11 is 0. The van der Waals surface area contributed by atoms with Crippen LogP contribution in [0.5, 0.6) is 0 Å². The molecule has 0 bridgehead atoms. The Hall–Kier alpha value is -1.29. The lowest BCUT2D eigenvalue weighted by molar-refractivity contribution is -0.132. The molecule has 0 saturated heterocycles. The summed E-state index contributed by atoms with van der Waals surface area (Å²) in [6.07, 6.45) is 3.28. The van der Waals surface area contributed by atoms with Gasteiger partial charge in [-0.05, 0) is 6.07 Å². The maximum absolute atomic E-state index is 10.3. The molecule has 12 heavy (non-hydrogen) atoms. The number of aliphatic carboxylic acids is 1. The van der Waals surface area contributed by atoms with Crippen molar-refractivity contribution >= 4 is 18.4 Å². The van der Waals surface area contributed by atoms with Gasteiger partial charge in [0.1, 0.15) is 0 Å². The van der Waals surface area contributed by atoms with Gasteiger partial charge in [0, 0.05) is 12.4 Å². The Morgan fingerprint density at radius 1 is 1.67 bits per heavy atom. The van der Waals surface area contributed by atoms with Gasteiger partial charge >= 0.3 is 5.97 Å². The molecule has 0 radical (unpaired) electrons. The minimum absolute atomic E-state index is 0. The van der Waals surface area contributed by atoms with Crippen LogP contribution in [0.1, 0.15) is 0 Å². The SMILES string of the molecule is C=C(Cn1cccn1)C(=O)O.Cl. The first kappa shape index (κ1) is 10.7. The zero-order valence-electron chi connectivity index (χ0n) is 6.30. The molecule has 1 aromatic rings. The number of carbonyl (C=O) groups is 1. The number of rotatable bonds is 3. The largest absolute Gasteiger partial charge is 0.478 e. The second-order valence-electron chi connectivity index (χ2n) is 2.11. The predicted octanol–water partition coefficient (Wildman–Crippen LogP) is 0.946. The van der Waals surface area contributed by atoms with Crippen LogP contribution in [-0.4, -0.2) is 20.9 Å². The Bertz CT molecular complexity index is 269. The van der Waals surface area contributed by atoms with Crippen molar-refractivity contribution in [3.63, 3.8) is 0 Å². The van der Waals surface area contributed by atoms with Crippen LogP contribution in [0.3, 0.4) is 0 Å². The van der Waals surface area contributed by atoms with Gasteiger partial charge in [0.2, 0.25) is 0 Å². The van der Waals surface area contributed by atoms with Gasteiger partial charge in [0.05, 0.1) is 12.1 Å². The lowest BCUT2D eigenvalue weighted by Gasteiger charge is -1.98. The number of carboxylic acids is 1. The van der Waals surface area contributed by atoms with Crippen molar-refractivity contribution in [3.05, 3.63) is 30.6 Å². The average molecular weight is 189 g/mol. The summed E-state index contributed by atoms with van der Waals surface area (Å²) in [7, 11) is 0. The molecule has 0 fully saturated rings. The quantitative estimate of drug-likeness (QED) is 0.719. The predicted molar refractivity (Wildman–Crippen MR) is 46.3 cm³/mol. The van der Waals surface area contributed by atoms with Crippen molar-refractivity contribution in [2.75, 3.05) is 0 Å². The monoisotopic (exact) mass is 188 g/mol. The van der Waals surface area contributed by atoms with E-state index in [1.165, 1.54) is 4.68 Å². The van der Waals surface area contributed by atoms with Crippen LogP contribution in [0.25, 0.3) is 0 Å². The molecule has 0 amide bonds. The van der Waals surface area contributed by atoms with Crippen LogP contribution in [0.2, 0.25) is 0 Å². The van der Waals surface area contributed by atoms with E-state index in [1.54, 1.807) is 18.5 Å². The fourth-order valence-corrected chi connectivity index (χ4v) is 0.657. The molecule has 1 rings (SSSR count). The van der Waals surface area contributed by atoms with Crippen molar-refractivity contribution in [2.45, 2.75) is 6.54 Å². The van der Waals surface area contributed by atoms with Gasteiger partial charge < -0.3 is 5.11 Å².